The summed E-state index contributed by atoms with van der Waals surface area (Å²) in [6.07, 6.45) is 4.21. The molecule has 1 aliphatic rings. The third-order valence-electron chi connectivity index (χ3n) is 4.41. The van der Waals surface area contributed by atoms with E-state index in [0.717, 1.165) is 24.8 Å². The summed E-state index contributed by atoms with van der Waals surface area (Å²) in [6, 6.07) is 3.71. The predicted molar refractivity (Wildman–Crippen MR) is 90.7 cm³/mol. The number of methoxy groups -OCH3 is 1. The molecule has 0 aliphatic heterocycles. The number of nitrogens with zero attached hydrogens (tertiary/aromatic N) is 1. The molecule has 2 aromatic rings. The minimum absolute atomic E-state index is 0.0678. The van der Waals surface area contributed by atoms with Crippen LogP contribution in [0.3, 0.4) is 0 Å². The maximum atomic E-state index is 12.3. The van der Waals surface area contributed by atoms with E-state index >= 15 is 0 Å². The highest BCUT2D eigenvalue weighted by Crippen LogP contribution is 2.34. The second-order valence-electron chi connectivity index (χ2n) is 6.01. The summed E-state index contributed by atoms with van der Waals surface area (Å²) in [5.74, 6) is 0.277. The zero-order valence-corrected chi connectivity index (χ0v) is 13.7. The zero-order valence-electron chi connectivity index (χ0n) is 13.7. The van der Waals surface area contributed by atoms with E-state index in [2.05, 4.69) is 15.3 Å². The first-order valence-electron chi connectivity index (χ1n) is 7.90. The second kappa shape index (κ2) is 6.80. The Hall–Kier alpha value is -3.10. The standard InChI is InChI=1S/C16H19N5O4/c1-25-11-5-3-9(7-18-11)8-2-4-10(6-8)19-15(23)13-12(17)14(22)21-16(24)20-13/h3,5,7-8,10H,2,4,6,17H2,1H3,(H,19,23)(H2,20,21,22,24)/t8-,10+/m1/s1. The van der Waals surface area contributed by atoms with E-state index < -0.39 is 17.2 Å². The quantitative estimate of drug-likeness (QED) is 0.619. The summed E-state index contributed by atoms with van der Waals surface area (Å²) < 4.78 is 5.05. The fraction of sp³-hybridized carbons (Fsp3) is 0.375. The number of rotatable bonds is 4. The van der Waals surface area contributed by atoms with E-state index in [1.165, 1.54) is 0 Å². The monoisotopic (exact) mass is 345 g/mol. The summed E-state index contributed by atoms with van der Waals surface area (Å²) in [6.45, 7) is 0. The second-order valence-corrected chi connectivity index (χ2v) is 6.01. The van der Waals surface area contributed by atoms with E-state index in [1.54, 1.807) is 13.3 Å². The molecule has 0 spiro atoms. The van der Waals surface area contributed by atoms with Crippen molar-refractivity contribution in [1.82, 2.24) is 20.3 Å². The number of nitrogens with two attached hydrogens (primary N) is 1. The third-order valence-corrected chi connectivity index (χ3v) is 4.41. The van der Waals surface area contributed by atoms with Gasteiger partial charge in [0.15, 0.2) is 0 Å². The average Bonchev–Trinajstić information content (AvgIpc) is 3.06. The Morgan fingerprint density at radius 2 is 2.12 bits per heavy atom. The van der Waals surface area contributed by atoms with Gasteiger partial charge in [0.25, 0.3) is 11.5 Å². The van der Waals surface area contributed by atoms with Gasteiger partial charge in [0.1, 0.15) is 11.4 Å². The third kappa shape index (κ3) is 3.54. The smallest absolute Gasteiger partial charge is 0.326 e. The van der Waals surface area contributed by atoms with Crippen molar-refractivity contribution in [1.29, 1.82) is 0 Å². The van der Waals surface area contributed by atoms with Crippen LogP contribution in [0.2, 0.25) is 0 Å². The number of aromatic amines is 2. The van der Waals surface area contributed by atoms with E-state index in [1.807, 2.05) is 17.1 Å². The number of amides is 1. The molecule has 0 saturated heterocycles. The Morgan fingerprint density at radius 3 is 2.80 bits per heavy atom. The maximum Gasteiger partial charge on any atom is 0.326 e. The van der Waals surface area contributed by atoms with Crippen LogP contribution in [0.15, 0.2) is 27.9 Å². The minimum Gasteiger partial charge on any atom is -0.481 e. The lowest BCUT2D eigenvalue weighted by molar-refractivity contribution is 0.0933. The lowest BCUT2D eigenvalue weighted by Gasteiger charge is -2.14. The molecule has 2 atom stereocenters. The minimum atomic E-state index is -0.775. The van der Waals surface area contributed by atoms with Crippen molar-refractivity contribution in [3.8, 4) is 5.88 Å². The van der Waals surface area contributed by atoms with E-state index in [0.29, 0.717) is 5.88 Å². The Balaban J connectivity index is 1.67. The Labute approximate surface area is 142 Å². The van der Waals surface area contributed by atoms with Crippen molar-refractivity contribution in [3.63, 3.8) is 0 Å². The summed E-state index contributed by atoms with van der Waals surface area (Å²) in [5, 5.41) is 2.83. The van der Waals surface area contributed by atoms with Crippen LogP contribution in [0.4, 0.5) is 5.69 Å². The summed E-state index contributed by atoms with van der Waals surface area (Å²) >= 11 is 0. The van der Waals surface area contributed by atoms with Gasteiger partial charge in [0.05, 0.1) is 7.11 Å². The highest BCUT2D eigenvalue weighted by Gasteiger charge is 2.28. The van der Waals surface area contributed by atoms with Gasteiger partial charge in [-0.2, -0.15) is 0 Å². The first-order valence-corrected chi connectivity index (χ1v) is 7.90. The first kappa shape index (κ1) is 16.7. The van der Waals surface area contributed by atoms with Gasteiger partial charge in [-0.25, -0.2) is 9.78 Å². The number of ether oxygens (including phenoxy) is 1. The van der Waals surface area contributed by atoms with Crippen LogP contribution in [0, 0.1) is 0 Å². The molecule has 2 aromatic heterocycles. The van der Waals surface area contributed by atoms with Crippen LogP contribution in [0.5, 0.6) is 5.88 Å². The highest BCUT2D eigenvalue weighted by molar-refractivity contribution is 5.96. The molecule has 0 radical (unpaired) electrons. The number of aromatic nitrogens is 3. The molecule has 1 aliphatic carbocycles. The Bertz CT molecular complexity index is 887. The van der Waals surface area contributed by atoms with Gasteiger partial charge in [-0.05, 0) is 30.7 Å². The maximum absolute atomic E-state index is 12.3. The van der Waals surface area contributed by atoms with E-state index in [4.69, 9.17) is 10.5 Å². The van der Waals surface area contributed by atoms with Gasteiger partial charge in [-0.1, -0.05) is 6.07 Å². The average molecular weight is 345 g/mol. The van der Waals surface area contributed by atoms with E-state index in [9.17, 15) is 14.4 Å². The molecule has 5 N–H and O–H groups in total. The fourth-order valence-corrected chi connectivity index (χ4v) is 3.10. The van der Waals surface area contributed by atoms with E-state index in [-0.39, 0.29) is 23.3 Å². The molecule has 0 unspecified atom stereocenters. The van der Waals surface area contributed by atoms with Gasteiger partial charge < -0.3 is 20.8 Å². The zero-order chi connectivity index (χ0) is 18.0. The number of carbonyl (C=O) groups excluding carboxylic acids is 1. The van der Waals surface area contributed by atoms with Crippen molar-refractivity contribution < 1.29 is 9.53 Å². The van der Waals surface area contributed by atoms with Gasteiger partial charge in [0, 0.05) is 18.3 Å². The number of hydrogen-bond acceptors (Lipinski definition) is 6. The highest BCUT2D eigenvalue weighted by atomic mass is 16.5. The molecule has 1 fully saturated rings. The summed E-state index contributed by atoms with van der Waals surface area (Å²) in [7, 11) is 1.56. The molecule has 0 aromatic carbocycles. The van der Waals surface area contributed by atoms with Crippen molar-refractivity contribution in [3.05, 3.63) is 50.4 Å². The van der Waals surface area contributed by atoms with Crippen LogP contribution in [0.1, 0.15) is 41.2 Å². The molecular weight excluding hydrogens is 326 g/mol. The summed E-state index contributed by atoms with van der Waals surface area (Å²) in [5.41, 5.74) is 4.62. The molecule has 25 heavy (non-hydrogen) atoms. The van der Waals surface area contributed by atoms with Crippen molar-refractivity contribution in [2.24, 2.45) is 0 Å². The normalized spacial score (nSPS) is 19.6. The van der Waals surface area contributed by atoms with Crippen LogP contribution in [0.25, 0.3) is 0 Å². The molecule has 2 heterocycles. The van der Waals surface area contributed by atoms with Crippen LogP contribution < -0.4 is 27.0 Å². The number of hydrogen-bond donors (Lipinski definition) is 4. The number of H-pyrrole nitrogens is 2. The lowest BCUT2D eigenvalue weighted by atomic mass is 9.99. The number of pyridine rings is 1. The topological polar surface area (TPSA) is 143 Å². The number of anilines is 1. The molecular formula is C16H19N5O4. The largest absolute Gasteiger partial charge is 0.481 e. The predicted octanol–water partition coefficient (Wildman–Crippen LogP) is 0.115. The Kier molecular flexibility index (Phi) is 4.55. The number of nitrogens with one attached hydrogen (secondary N) is 3. The molecule has 1 saturated carbocycles. The number of nitrogen functional groups attached to an aromatic ring is 1. The molecule has 1 amide bonds. The van der Waals surface area contributed by atoms with Gasteiger partial charge >= 0.3 is 5.69 Å². The van der Waals surface area contributed by atoms with Crippen molar-refractivity contribution >= 4 is 11.6 Å². The van der Waals surface area contributed by atoms with Gasteiger partial charge in [-0.15, -0.1) is 0 Å². The number of carbonyl (C=O) groups is 1. The molecule has 132 valence electrons. The van der Waals surface area contributed by atoms with Crippen LogP contribution >= 0.6 is 0 Å². The Morgan fingerprint density at radius 1 is 1.32 bits per heavy atom. The molecule has 3 rings (SSSR count). The fourth-order valence-electron chi connectivity index (χ4n) is 3.10. The van der Waals surface area contributed by atoms with Crippen molar-refractivity contribution in [2.75, 3.05) is 12.8 Å². The lowest BCUT2D eigenvalue weighted by Crippen LogP contribution is -2.37. The summed E-state index contributed by atoms with van der Waals surface area (Å²) in [4.78, 5) is 43.6. The molecule has 9 nitrogen and oxygen atoms in total. The van der Waals surface area contributed by atoms with Gasteiger partial charge in [0.2, 0.25) is 5.88 Å². The van der Waals surface area contributed by atoms with Crippen LogP contribution in [-0.4, -0.2) is 34.0 Å². The van der Waals surface area contributed by atoms with Crippen molar-refractivity contribution in [2.45, 2.75) is 31.2 Å². The SMILES string of the molecule is COc1ccc([C@@H]2CC[C@H](NC(=O)c3[nH]c(=O)[nH]c(=O)c3N)C2)cn1. The molecule has 9 heteroatoms. The first-order chi connectivity index (χ1) is 12.0. The van der Waals surface area contributed by atoms with Gasteiger partial charge in [-0.3, -0.25) is 14.6 Å². The molecule has 0 bridgehead atoms. The van der Waals surface area contributed by atoms with Crippen LogP contribution in [-0.2, 0) is 0 Å².